The van der Waals surface area contributed by atoms with Crippen molar-refractivity contribution in [1.29, 1.82) is 0 Å². The van der Waals surface area contributed by atoms with Gasteiger partial charge in [-0.15, -0.1) is 11.8 Å². The summed E-state index contributed by atoms with van der Waals surface area (Å²) in [6.07, 6.45) is 0. The molecule has 2 aliphatic heterocycles. The molecule has 188 valence electrons. The van der Waals surface area contributed by atoms with Crippen LogP contribution >= 0.6 is 11.8 Å². The van der Waals surface area contributed by atoms with E-state index >= 15 is 0 Å². The molecule has 4 rings (SSSR count). The number of piperazine rings is 1. The fraction of sp³-hybridized carbons (Fsp3) is 0.440. The van der Waals surface area contributed by atoms with E-state index < -0.39 is 16.9 Å². The molecule has 2 heterocycles. The molecular weight excluding hydrogens is 471 g/mol. The van der Waals surface area contributed by atoms with Gasteiger partial charge in [-0.25, -0.2) is 14.0 Å². The zero-order valence-electron chi connectivity index (χ0n) is 19.8. The molecule has 2 N–H and O–H groups in total. The summed E-state index contributed by atoms with van der Waals surface area (Å²) in [7, 11) is 0. The first-order valence-electron chi connectivity index (χ1n) is 11.8. The molecule has 0 spiro atoms. The molecule has 0 aliphatic carbocycles. The van der Waals surface area contributed by atoms with Gasteiger partial charge in [-0.1, -0.05) is 24.3 Å². The Balaban J connectivity index is 1.41. The average molecular weight is 503 g/mol. The van der Waals surface area contributed by atoms with Crippen molar-refractivity contribution >= 4 is 29.4 Å². The van der Waals surface area contributed by atoms with E-state index in [-0.39, 0.29) is 12.4 Å². The topological polar surface area (TPSA) is 88.3 Å². The van der Waals surface area contributed by atoms with Gasteiger partial charge in [0.15, 0.2) is 0 Å². The van der Waals surface area contributed by atoms with Crippen LogP contribution in [0.3, 0.4) is 0 Å². The van der Waals surface area contributed by atoms with Crippen LogP contribution in [0.2, 0.25) is 0 Å². The van der Waals surface area contributed by atoms with Gasteiger partial charge in [0, 0.05) is 56.3 Å². The second kappa shape index (κ2) is 11.2. The van der Waals surface area contributed by atoms with E-state index in [2.05, 4.69) is 9.80 Å². The number of hydrogen-bond donors (Lipinski definition) is 1. The summed E-state index contributed by atoms with van der Waals surface area (Å²) >= 11 is 1.33. The lowest BCUT2D eigenvalue weighted by molar-refractivity contribution is -0.150. The highest BCUT2D eigenvalue weighted by Gasteiger charge is 2.54. The summed E-state index contributed by atoms with van der Waals surface area (Å²) in [4.78, 5) is 29.8. The molecule has 2 aliphatic rings. The summed E-state index contributed by atoms with van der Waals surface area (Å²) in [6, 6.07) is 13.2. The minimum absolute atomic E-state index is 0.193. The fourth-order valence-electron chi connectivity index (χ4n) is 4.58. The van der Waals surface area contributed by atoms with Crippen molar-refractivity contribution in [3.05, 3.63) is 59.9 Å². The van der Waals surface area contributed by atoms with Crippen LogP contribution in [-0.2, 0) is 14.4 Å². The molecule has 0 bridgehead atoms. The predicted molar refractivity (Wildman–Crippen MR) is 134 cm³/mol. The highest BCUT2D eigenvalue weighted by Crippen LogP contribution is 2.48. The first kappa shape index (κ1) is 25.1. The van der Waals surface area contributed by atoms with E-state index in [1.165, 1.54) is 22.7 Å². The number of anilines is 1. The Bertz CT molecular complexity index is 1050. The van der Waals surface area contributed by atoms with Crippen LogP contribution < -0.4 is 15.4 Å². The normalized spacial score (nSPS) is 20.6. The minimum atomic E-state index is -1.37. The third kappa shape index (κ3) is 5.33. The lowest BCUT2D eigenvalue weighted by Crippen LogP contribution is -2.52. The van der Waals surface area contributed by atoms with Gasteiger partial charge in [-0.05, 0) is 31.2 Å². The number of thioether (sulfide) groups is 1. The molecule has 2 aromatic rings. The van der Waals surface area contributed by atoms with E-state index in [1.54, 1.807) is 31.2 Å². The molecule has 2 amide bonds. The van der Waals surface area contributed by atoms with Gasteiger partial charge in [0.05, 0.1) is 6.61 Å². The predicted octanol–water partition coefficient (Wildman–Crippen LogP) is 2.87. The zero-order valence-corrected chi connectivity index (χ0v) is 20.6. The molecule has 2 aromatic carbocycles. The van der Waals surface area contributed by atoms with Crippen LogP contribution in [0.4, 0.5) is 14.9 Å². The van der Waals surface area contributed by atoms with Crippen molar-refractivity contribution in [1.82, 2.24) is 9.80 Å². The fourth-order valence-corrected chi connectivity index (χ4v) is 5.98. The lowest BCUT2D eigenvalue weighted by atomic mass is 10.0. The van der Waals surface area contributed by atoms with Crippen molar-refractivity contribution in [2.75, 3.05) is 63.1 Å². The molecule has 35 heavy (non-hydrogen) atoms. The number of ether oxygens (including phenoxy) is 2. The zero-order chi connectivity index (χ0) is 24.8. The number of benzene rings is 2. The second-order valence-corrected chi connectivity index (χ2v) is 9.64. The van der Waals surface area contributed by atoms with Gasteiger partial charge < -0.3 is 20.1 Å². The maximum atomic E-state index is 13.5. The summed E-state index contributed by atoms with van der Waals surface area (Å²) in [5.41, 5.74) is 7.11. The number of amides is 2. The Kier molecular flexibility index (Phi) is 8.02. The monoisotopic (exact) mass is 502 g/mol. The molecule has 2 saturated heterocycles. The number of carbonyl (C=O) groups excluding carboxylic acids is 2. The Morgan fingerprint density at radius 3 is 2.57 bits per heavy atom. The highest BCUT2D eigenvalue weighted by atomic mass is 32.2. The van der Waals surface area contributed by atoms with Crippen molar-refractivity contribution < 1.29 is 23.5 Å². The number of hydrogen-bond acceptors (Lipinski definition) is 7. The van der Waals surface area contributed by atoms with Gasteiger partial charge in [0.25, 0.3) is 0 Å². The SMILES string of the molecule is CCOC(=O)C1(c2ccccc2OCCN2CCN(c3cccc(F)c3)CC2)SCCN1C(N)=O. The second-order valence-electron chi connectivity index (χ2n) is 8.36. The van der Waals surface area contributed by atoms with E-state index in [0.717, 1.165) is 31.9 Å². The maximum absolute atomic E-state index is 13.5. The molecule has 1 unspecified atom stereocenters. The number of esters is 1. The lowest BCUT2D eigenvalue weighted by Gasteiger charge is -2.36. The number of urea groups is 1. The third-order valence-corrected chi connectivity index (χ3v) is 7.70. The molecule has 1 atom stereocenters. The van der Waals surface area contributed by atoms with Gasteiger partial charge >= 0.3 is 12.0 Å². The van der Waals surface area contributed by atoms with Crippen LogP contribution in [0, 0.1) is 5.82 Å². The molecule has 0 radical (unpaired) electrons. The molecule has 10 heteroatoms. The van der Waals surface area contributed by atoms with E-state index in [4.69, 9.17) is 15.2 Å². The molecule has 8 nitrogen and oxygen atoms in total. The number of nitrogens with two attached hydrogens (primary N) is 1. The number of para-hydroxylation sites is 1. The first-order chi connectivity index (χ1) is 17.0. The highest BCUT2D eigenvalue weighted by molar-refractivity contribution is 8.01. The number of halogens is 1. The maximum Gasteiger partial charge on any atom is 0.347 e. The standard InChI is InChI=1S/C25H31FN4O4S/c1-2-33-23(31)25(30(24(27)32)15-17-35-25)21-8-3-4-9-22(21)34-16-14-28-10-12-29(13-11-28)20-7-5-6-19(26)18-20/h3-9,18H,2,10-17H2,1H3,(H2,27,32). The van der Waals surface area contributed by atoms with Gasteiger partial charge in [-0.2, -0.15) is 0 Å². The largest absolute Gasteiger partial charge is 0.492 e. The Labute approximate surface area is 209 Å². The smallest absolute Gasteiger partial charge is 0.347 e. The van der Waals surface area contributed by atoms with Gasteiger partial charge in [0.2, 0.25) is 4.87 Å². The third-order valence-electron chi connectivity index (χ3n) is 6.29. The van der Waals surface area contributed by atoms with E-state index in [1.807, 2.05) is 18.2 Å². The van der Waals surface area contributed by atoms with E-state index in [9.17, 15) is 14.0 Å². The summed E-state index contributed by atoms with van der Waals surface area (Å²) < 4.78 is 25.1. The summed E-state index contributed by atoms with van der Waals surface area (Å²) in [5, 5.41) is 0. The quantitative estimate of drug-likeness (QED) is 0.556. The molecule has 2 fully saturated rings. The van der Waals surface area contributed by atoms with Crippen molar-refractivity contribution in [2.24, 2.45) is 5.73 Å². The molecule has 0 aromatic heterocycles. The van der Waals surface area contributed by atoms with Gasteiger partial charge in [0.1, 0.15) is 18.2 Å². The van der Waals surface area contributed by atoms with Crippen LogP contribution in [0.15, 0.2) is 48.5 Å². The van der Waals surface area contributed by atoms with Crippen LogP contribution in [0.1, 0.15) is 12.5 Å². The summed E-state index contributed by atoms with van der Waals surface area (Å²) in [5.74, 6) is 0.337. The number of nitrogens with zero attached hydrogens (tertiary/aromatic N) is 3. The summed E-state index contributed by atoms with van der Waals surface area (Å²) in [6.45, 7) is 6.66. The van der Waals surface area contributed by atoms with Crippen LogP contribution in [0.5, 0.6) is 5.75 Å². The van der Waals surface area contributed by atoms with Crippen molar-refractivity contribution in [2.45, 2.75) is 11.8 Å². The Morgan fingerprint density at radius 2 is 1.86 bits per heavy atom. The van der Waals surface area contributed by atoms with Crippen molar-refractivity contribution in [3.8, 4) is 5.75 Å². The van der Waals surface area contributed by atoms with E-state index in [0.29, 0.717) is 36.8 Å². The van der Waals surface area contributed by atoms with Crippen LogP contribution in [-0.4, -0.2) is 80.0 Å². The van der Waals surface area contributed by atoms with Gasteiger partial charge in [-0.3, -0.25) is 9.80 Å². The number of carbonyl (C=O) groups is 2. The van der Waals surface area contributed by atoms with Crippen LogP contribution in [0.25, 0.3) is 0 Å². The average Bonchev–Trinajstić information content (AvgIpc) is 3.32. The number of rotatable bonds is 8. The Hall–Kier alpha value is -2.98. The molecular formula is C25H31FN4O4S. The molecule has 0 saturated carbocycles. The Morgan fingerprint density at radius 1 is 1.09 bits per heavy atom. The minimum Gasteiger partial charge on any atom is -0.492 e. The van der Waals surface area contributed by atoms with Crippen molar-refractivity contribution in [3.63, 3.8) is 0 Å². The number of primary amides is 1. The first-order valence-corrected chi connectivity index (χ1v) is 12.8.